The van der Waals surface area contributed by atoms with Crippen molar-refractivity contribution in [3.05, 3.63) is 12.2 Å². The van der Waals surface area contributed by atoms with E-state index in [1.165, 1.54) is 0 Å². The Hall–Kier alpha value is -0.420. The second kappa shape index (κ2) is 3.12. The topological polar surface area (TPSA) is 23.8 Å². The number of allylic oxidation sites excluding steroid dienone is 2. The first kappa shape index (κ1) is 7.68. The van der Waals surface area contributed by atoms with E-state index >= 15 is 0 Å². The monoisotopic (exact) mass is 153 g/mol. The van der Waals surface area contributed by atoms with Gasteiger partial charge in [0.2, 0.25) is 0 Å². The van der Waals surface area contributed by atoms with Crippen LogP contribution >= 0.6 is 11.8 Å². The van der Waals surface area contributed by atoms with Gasteiger partial charge in [0.05, 0.1) is 6.07 Å². The highest BCUT2D eigenvalue weighted by Crippen LogP contribution is 2.36. The molecule has 2 heteroatoms. The van der Waals surface area contributed by atoms with Crippen molar-refractivity contribution in [1.82, 2.24) is 0 Å². The van der Waals surface area contributed by atoms with Gasteiger partial charge in [-0.2, -0.15) is 5.26 Å². The van der Waals surface area contributed by atoms with Crippen LogP contribution in [-0.2, 0) is 0 Å². The molecule has 0 unspecified atom stereocenters. The lowest BCUT2D eigenvalue weighted by Crippen LogP contribution is -2.17. The molecule has 1 aliphatic rings. The lowest BCUT2D eigenvalue weighted by atomic mass is 10.1. The lowest BCUT2D eigenvalue weighted by Gasteiger charge is -2.17. The maximum absolute atomic E-state index is 8.84. The number of thioether (sulfide) groups is 1. The zero-order valence-electron chi connectivity index (χ0n) is 6.13. The van der Waals surface area contributed by atoms with Crippen molar-refractivity contribution in [2.45, 2.75) is 24.5 Å². The molecule has 0 bridgehead atoms. The zero-order chi connectivity index (χ0) is 7.45. The summed E-state index contributed by atoms with van der Waals surface area (Å²) in [5.41, 5.74) is 0. The summed E-state index contributed by atoms with van der Waals surface area (Å²) in [7, 11) is 0. The molecule has 0 saturated heterocycles. The average molecular weight is 153 g/mol. The van der Waals surface area contributed by atoms with Crippen molar-refractivity contribution in [3.8, 4) is 6.07 Å². The standard InChI is InChI=1S/C8H11NS/c1-2-10-8(7-9)5-3-4-6-8/h3-4H,2,5-6H2,1H3. The Bertz CT molecular complexity index is 170. The third-order valence-corrected chi connectivity index (χ3v) is 2.95. The maximum atomic E-state index is 8.84. The van der Waals surface area contributed by atoms with E-state index in [0.717, 1.165) is 18.6 Å². The second-order valence-electron chi connectivity index (χ2n) is 2.42. The van der Waals surface area contributed by atoms with Crippen LogP contribution in [0.5, 0.6) is 0 Å². The summed E-state index contributed by atoms with van der Waals surface area (Å²) in [6.07, 6.45) is 6.07. The van der Waals surface area contributed by atoms with Gasteiger partial charge < -0.3 is 0 Å². The molecule has 0 heterocycles. The van der Waals surface area contributed by atoms with Crippen molar-refractivity contribution in [2.24, 2.45) is 0 Å². The molecule has 0 aromatic heterocycles. The molecule has 0 fully saturated rings. The molecule has 0 N–H and O–H groups in total. The van der Waals surface area contributed by atoms with E-state index < -0.39 is 0 Å². The normalized spacial score (nSPS) is 20.8. The van der Waals surface area contributed by atoms with Gasteiger partial charge in [0.15, 0.2) is 0 Å². The Balaban J connectivity index is 2.55. The highest BCUT2D eigenvalue weighted by Gasteiger charge is 2.30. The van der Waals surface area contributed by atoms with Gasteiger partial charge in [0, 0.05) is 0 Å². The fraction of sp³-hybridized carbons (Fsp3) is 0.625. The Kier molecular flexibility index (Phi) is 2.39. The molecule has 0 atom stereocenters. The highest BCUT2D eigenvalue weighted by molar-refractivity contribution is 8.00. The van der Waals surface area contributed by atoms with E-state index in [1.54, 1.807) is 11.8 Å². The summed E-state index contributed by atoms with van der Waals surface area (Å²) in [5.74, 6) is 1.04. The molecule has 0 aliphatic heterocycles. The molecule has 10 heavy (non-hydrogen) atoms. The molecule has 0 aromatic carbocycles. The van der Waals surface area contributed by atoms with Gasteiger partial charge in [-0.3, -0.25) is 0 Å². The van der Waals surface area contributed by atoms with Gasteiger partial charge in [-0.15, -0.1) is 11.8 Å². The summed E-state index contributed by atoms with van der Waals surface area (Å²) < 4.78 is -0.102. The SMILES string of the molecule is CCSC1(C#N)CC=CC1. The van der Waals surface area contributed by atoms with Crippen LogP contribution in [0.25, 0.3) is 0 Å². The van der Waals surface area contributed by atoms with Crippen molar-refractivity contribution in [1.29, 1.82) is 5.26 Å². The molecule has 1 aliphatic carbocycles. The largest absolute Gasteiger partial charge is 0.197 e. The molecule has 1 nitrogen and oxygen atoms in total. The fourth-order valence-electron chi connectivity index (χ4n) is 1.15. The molecule has 0 radical (unpaired) electrons. The van der Waals surface area contributed by atoms with Crippen LogP contribution < -0.4 is 0 Å². The first-order valence-electron chi connectivity index (χ1n) is 3.53. The summed E-state index contributed by atoms with van der Waals surface area (Å²) in [5, 5.41) is 8.84. The Morgan fingerprint density at radius 3 is 2.60 bits per heavy atom. The van der Waals surface area contributed by atoms with Crippen molar-refractivity contribution in [3.63, 3.8) is 0 Å². The summed E-state index contributed by atoms with van der Waals surface area (Å²) >= 11 is 1.76. The number of rotatable bonds is 2. The van der Waals surface area contributed by atoms with Gasteiger partial charge in [-0.05, 0) is 18.6 Å². The van der Waals surface area contributed by atoms with Gasteiger partial charge in [0.25, 0.3) is 0 Å². The molecule has 0 aromatic rings. The first-order chi connectivity index (χ1) is 4.83. The van der Waals surface area contributed by atoms with Crippen LogP contribution in [0.4, 0.5) is 0 Å². The number of nitriles is 1. The van der Waals surface area contributed by atoms with Gasteiger partial charge >= 0.3 is 0 Å². The summed E-state index contributed by atoms with van der Waals surface area (Å²) in [6.45, 7) is 2.10. The third kappa shape index (κ3) is 1.35. The van der Waals surface area contributed by atoms with E-state index in [2.05, 4.69) is 25.1 Å². The predicted molar refractivity (Wildman–Crippen MR) is 44.9 cm³/mol. The van der Waals surface area contributed by atoms with E-state index in [4.69, 9.17) is 5.26 Å². The average Bonchev–Trinajstić information content (AvgIpc) is 2.39. The Labute approximate surface area is 66.1 Å². The first-order valence-corrected chi connectivity index (χ1v) is 4.52. The van der Waals surface area contributed by atoms with Crippen LogP contribution in [0.3, 0.4) is 0 Å². The van der Waals surface area contributed by atoms with E-state index in [-0.39, 0.29) is 4.75 Å². The minimum absolute atomic E-state index is 0.102. The van der Waals surface area contributed by atoms with Crippen molar-refractivity contribution >= 4 is 11.8 Å². The van der Waals surface area contributed by atoms with Gasteiger partial charge in [-0.1, -0.05) is 19.1 Å². The van der Waals surface area contributed by atoms with Crippen molar-refractivity contribution in [2.75, 3.05) is 5.75 Å². The van der Waals surface area contributed by atoms with Crippen LogP contribution in [0.15, 0.2) is 12.2 Å². The Morgan fingerprint density at radius 1 is 1.60 bits per heavy atom. The molecule has 0 amide bonds. The minimum atomic E-state index is -0.102. The van der Waals surface area contributed by atoms with Crippen LogP contribution in [0.2, 0.25) is 0 Å². The number of nitrogens with zero attached hydrogens (tertiary/aromatic N) is 1. The lowest BCUT2D eigenvalue weighted by molar-refractivity contribution is 0.793. The highest BCUT2D eigenvalue weighted by atomic mass is 32.2. The third-order valence-electron chi connectivity index (χ3n) is 1.69. The second-order valence-corrected chi connectivity index (χ2v) is 4.07. The van der Waals surface area contributed by atoms with Gasteiger partial charge in [-0.25, -0.2) is 0 Å². The zero-order valence-corrected chi connectivity index (χ0v) is 6.95. The predicted octanol–water partition coefficient (Wildman–Crippen LogP) is 2.35. The van der Waals surface area contributed by atoms with E-state index in [0.29, 0.717) is 0 Å². The fourth-order valence-corrected chi connectivity index (χ4v) is 2.19. The van der Waals surface area contributed by atoms with E-state index in [9.17, 15) is 0 Å². The van der Waals surface area contributed by atoms with Crippen LogP contribution in [0.1, 0.15) is 19.8 Å². The molecule has 0 saturated carbocycles. The molecule has 1 rings (SSSR count). The minimum Gasteiger partial charge on any atom is -0.197 e. The molecule has 0 spiro atoms. The van der Waals surface area contributed by atoms with Crippen LogP contribution in [-0.4, -0.2) is 10.5 Å². The Morgan fingerprint density at radius 2 is 2.20 bits per heavy atom. The van der Waals surface area contributed by atoms with E-state index in [1.807, 2.05) is 0 Å². The number of hydrogen-bond acceptors (Lipinski definition) is 2. The molecular formula is C8H11NS. The summed E-state index contributed by atoms with van der Waals surface area (Å²) in [6, 6.07) is 2.38. The smallest absolute Gasteiger partial charge is 0.109 e. The quantitative estimate of drug-likeness (QED) is 0.568. The summed E-state index contributed by atoms with van der Waals surface area (Å²) in [4.78, 5) is 0. The van der Waals surface area contributed by atoms with Gasteiger partial charge in [0.1, 0.15) is 4.75 Å². The number of hydrogen-bond donors (Lipinski definition) is 0. The molecule has 54 valence electrons. The van der Waals surface area contributed by atoms with Crippen LogP contribution in [0, 0.1) is 11.3 Å². The van der Waals surface area contributed by atoms with Crippen molar-refractivity contribution < 1.29 is 0 Å². The maximum Gasteiger partial charge on any atom is 0.109 e. The molecular weight excluding hydrogens is 142 g/mol.